The minimum atomic E-state index is -3.15. The van der Waals surface area contributed by atoms with Crippen molar-refractivity contribution in [1.82, 2.24) is 14.5 Å². The van der Waals surface area contributed by atoms with Crippen LogP contribution in [0, 0.1) is 5.92 Å². The summed E-state index contributed by atoms with van der Waals surface area (Å²) >= 11 is 0. The fourth-order valence-electron chi connectivity index (χ4n) is 3.25. The first kappa shape index (κ1) is 20.9. The number of carbonyl (C=O) groups is 1. The third-order valence-corrected chi connectivity index (χ3v) is 6.39. The number of sulfonamides is 1. The van der Waals surface area contributed by atoms with Crippen molar-refractivity contribution >= 4 is 15.9 Å². The highest BCUT2D eigenvalue weighted by molar-refractivity contribution is 7.88. The van der Waals surface area contributed by atoms with Crippen molar-refractivity contribution in [3.05, 3.63) is 35.4 Å². The average molecular weight is 382 g/mol. The summed E-state index contributed by atoms with van der Waals surface area (Å²) in [7, 11) is -3.15. The van der Waals surface area contributed by atoms with Crippen LogP contribution in [0.25, 0.3) is 0 Å². The molecule has 0 atom stereocenters. The van der Waals surface area contributed by atoms with Gasteiger partial charge in [-0.25, -0.2) is 12.7 Å². The van der Waals surface area contributed by atoms with E-state index in [2.05, 4.69) is 48.3 Å². The quantitative estimate of drug-likeness (QED) is 0.746. The molecule has 1 aromatic carbocycles. The topological polar surface area (TPSA) is 69.7 Å². The van der Waals surface area contributed by atoms with Crippen LogP contribution in [-0.2, 0) is 27.9 Å². The fourth-order valence-corrected chi connectivity index (χ4v) is 4.13. The number of amides is 1. The molecular formula is C19H31N3O3S. The summed E-state index contributed by atoms with van der Waals surface area (Å²) in [5.74, 6) is -0.0830. The van der Waals surface area contributed by atoms with Crippen molar-refractivity contribution in [3.8, 4) is 0 Å². The number of hydrogen-bond donors (Lipinski definition) is 1. The first-order valence-corrected chi connectivity index (χ1v) is 11.2. The second kappa shape index (κ2) is 9.48. The molecule has 146 valence electrons. The van der Waals surface area contributed by atoms with Crippen LogP contribution in [0.15, 0.2) is 24.3 Å². The third kappa shape index (κ3) is 6.07. The van der Waals surface area contributed by atoms with Gasteiger partial charge in [-0.15, -0.1) is 0 Å². The number of hydrogen-bond acceptors (Lipinski definition) is 4. The molecule has 0 saturated carbocycles. The van der Waals surface area contributed by atoms with Gasteiger partial charge in [-0.3, -0.25) is 9.69 Å². The van der Waals surface area contributed by atoms with Crippen molar-refractivity contribution in [1.29, 1.82) is 0 Å². The van der Waals surface area contributed by atoms with E-state index in [1.165, 1.54) is 16.1 Å². The molecule has 0 aromatic heterocycles. The number of benzene rings is 1. The molecule has 7 heteroatoms. The maximum atomic E-state index is 12.3. The Morgan fingerprint density at radius 1 is 1.12 bits per heavy atom. The number of piperidine rings is 1. The zero-order chi connectivity index (χ0) is 19.2. The highest BCUT2D eigenvalue weighted by Gasteiger charge is 2.28. The molecule has 0 radical (unpaired) electrons. The first-order chi connectivity index (χ1) is 12.3. The van der Waals surface area contributed by atoms with Gasteiger partial charge in [0.05, 0.1) is 6.26 Å². The van der Waals surface area contributed by atoms with E-state index in [0.29, 0.717) is 32.5 Å². The van der Waals surface area contributed by atoms with Crippen LogP contribution in [-0.4, -0.2) is 56.0 Å². The van der Waals surface area contributed by atoms with E-state index in [4.69, 9.17) is 0 Å². The molecule has 1 aromatic rings. The molecule has 1 aliphatic rings. The van der Waals surface area contributed by atoms with Gasteiger partial charge in [-0.05, 0) is 37.1 Å². The molecule has 2 rings (SSSR count). The van der Waals surface area contributed by atoms with Crippen molar-refractivity contribution < 1.29 is 13.2 Å². The van der Waals surface area contributed by atoms with Gasteiger partial charge in [0.1, 0.15) is 0 Å². The van der Waals surface area contributed by atoms with Crippen LogP contribution in [0.5, 0.6) is 0 Å². The maximum absolute atomic E-state index is 12.3. The van der Waals surface area contributed by atoms with Crippen LogP contribution in [0.4, 0.5) is 0 Å². The van der Waals surface area contributed by atoms with E-state index in [-0.39, 0.29) is 11.8 Å². The summed E-state index contributed by atoms with van der Waals surface area (Å²) in [5, 5.41) is 2.99. The summed E-state index contributed by atoms with van der Waals surface area (Å²) in [6, 6.07) is 8.35. The Morgan fingerprint density at radius 2 is 1.65 bits per heavy atom. The highest BCUT2D eigenvalue weighted by atomic mass is 32.2. The van der Waals surface area contributed by atoms with Gasteiger partial charge >= 0.3 is 0 Å². The second-order valence-electron chi connectivity index (χ2n) is 6.93. The van der Waals surface area contributed by atoms with Gasteiger partial charge in [0, 0.05) is 32.1 Å². The summed E-state index contributed by atoms with van der Waals surface area (Å²) < 4.78 is 24.5. The molecule has 0 aliphatic carbocycles. The molecule has 1 fully saturated rings. The minimum absolute atomic E-state index is 0.0189. The van der Waals surface area contributed by atoms with Gasteiger partial charge in [0.15, 0.2) is 0 Å². The van der Waals surface area contributed by atoms with Crippen molar-refractivity contribution in [2.24, 2.45) is 5.92 Å². The number of nitrogens with one attached hydrogen (secondary N) is 1. The SMILES string of the molecule is CCN(CC)Cc1ccc(CNC(=O)C2CCN(S(C)(=O)=O)CC2)cc1. The largest absolute Gasteiger partial charge is 0.352 e. The average Bonchev–Trinajstić information content (AvgIpc) is 2.64. The minimum Gasteiger partial charge on any atom is -0.352 e. The fraction of sp³-hybridized carbons (Fsp3) is 0.632. The normalized spacial score (nSPS) is 16.8. The Labute approximate surface area is 157 Å². The Balaban J connectivity index is 1.79. The number of carbonyl (C=O) groups excluding carboxylic acids is 1. The lowest BCUT2D eigenvalue weighted by Gasteiger charge is -2.29. The number of nitrogens with zero attached hydrogens (tertiary/aromatic N) is 2. The zero-order valence-corrected chi connectivity index (χ0v) is 16.9. The van der Waals surface area contributed by atoms with E-state index in [9.17, 15) is 13.2 Å². The lowest BCUT2D eigenvalue weighted by Crippen LogP contribution is -2.42. The maximum Gasteiger partial charge on any atom is 0.223 e. The molecule has 1 aliphatic heterocycles. The van der Waals surface area contributed by atoms with Gasteiger partial charge < -0.3 is 5.32 Å². The highest BCUT2D eigenvalue weighted by Crippen LogP contribution is 2.19. The number of rotatable bonds is 8. The van der Waals surface area contributed by atoms with Crippen molar-refractivity contribution in [2.75, 3.05) is 32.4 Å². The molecule has 1 amide bonds. The molecular weight excluding hydrogens is 350 g/mol. The Kier molecular flexibility index (Phi) is 7.61. The predicted octanol–water partition coefficient (Wildman–Crippen LogP) is 1.82. The van der Waals surface area contributed by atoms with Crippen LogP contribution in [0.2, 0.25) is 0 Å². The molecule has 1 N–H and O–H groups in total. The monoisotopic (exact) mass is 381 g/mol. The van der Waals surface area contributed by atoms with Gasteiger partial charge in [-0.2, -0.15) is 0 Å². The molecule has 0 spiro atoms. The van der Waals surface area contributed by atoms with E-state index in [1.807, 2.05) is 0 Å². The van der Waals surface area contributed by atoms with Crippen LogP contribution >= 0.6 is 0 Å². The van der Waals surface area contributed by atoms with E-state index in [0.717, 1.165) is 25.2 Å². The Bertz CT molecular complexity index is 676. The van der Waals surface area contributed by atoms with E-state index < -0.39 is 10.0 Å². The lowest BCUT2D eigenvalue weighted by molar-refractivity contribution is -0.126. The van der Waals surface area contributed by atoms with Gasteiger partial charge in [-0.1, -0.05) is 38.1 Å². The molecule has 0 bridgehead atoms. The third-order valence-electron chi connectivity index (χ3n) is 5.08. The summed E-state index contributed by atoms with van der Waals surface area (Å²) in [4.78, 5) is 14.7. The zero-order valence-electron chi connectivity index (χ0n) is 16.1. The molecule has 1 saturated heterocycles. The lowest BCUT2D eigenvalue weighted by atomic mass is 9.97. The van der Waals surface area contributed by atoms with Crippen LogP contribution in [0.3, 0.4) is 0 Å². The van der Waals surface area contributed by atoms with E-state index in [1.54, 1.807) is 0 Å². The van der Waals surface area contributed by atoms with Crippen molar-refractivity contribution in [3.63, 3.8) is 0 Å². The van der Waals surface area contributed by atoms with Crippen LogP contribution in [0.1, 0.15) is 37.8 Å². The summed E-state index contributed by atoms with van der Waals surface area (Å²) in [6.45, 7) is 8.70. The van der Waals surface area contributed by atoms with E-state index >= 15 is 0 Å². The summed E-state index contributed by atoms with van der Waals surface area (Å²) in [6.07, 6.45) is 2.39. The molecule has 0 unspecified atom stereocenters. The standard InChI is InChI=1S/C19H31N3O3S/c1-4-21(5-2)15-17-8-6-16(7-9-17)14-20-19(23)18-10-12-22(13-11-18)26(3,24)25/h6-9,18H,4-5,10-15H2,1-3H3,(H,20,23). The molecule has 26 heavy (non-hydrogen) atoms. The van der Waals surface area contributed by atoms with Gasteiger partial charge in [0.2, 0.25) is 15.9 Å². The smallest absolute Gasteiger partial charge is 0.223 e. The van der Waals surface area contributed by atoms with Gasteiger partial charge in [0.25, 0.3) is 0 Å². The Hall–Kier alpha value is -1.44. The molecule has 1 heterocycles. The molecule has 6 nitrogen and oxygen atoms in total. The predicted molar refractivity (Wildman–Crippen MR) is 104 cm³/mol. The Morgan fingerprint density at radius 3 is 2.15 bits per heavy atom. The van der Waals surface area contributed by atoms with Crippen LogP contribution < -0.4 is 5.32 Å². The second-order valence-corrected chi connectivity index (χ2v) is 8.91. The van der Waals surface area contributed by atoms with Crippen molar-refractivity contribution in [2.45, 2.75) is 39.8 Å². The first-order valence-electron chi connectivity index (χ1n) is 9.36. The summed E-state index contributed by atoms with van der Waals surface area (Å²) in [5.41, 5.74) is 2.35.